The first-order chi connectivity index (χ1) is 12.1. The molecule has 1 saturated heterocycles. The Balaban J connectivity index is 1.59. The summed E-state index contributed by atoms with van der Waals surface area (Å²) in [4.78, 5) is 21.2. The Hall–Kier alpha value is -2.47. The summed E-state index contributed by atoms with van der Waals surface area (Å²) < 4.78 is 18.9. The smallest absolute Gasteiger partial charge is 0.258 e. The van der Waals surface area contributed by atoms with E-state index in [0.717, 1.165) is 30.2 Å². The fourth-order valence-corrected chi connectivity index (χ4v) is 3.49. The van der Waals surface area contributed by atoms with E-state index in [9.17, 15) is 9.18 Å². The molecule has 1 unspecified atom stereocenters. The van der Waals surface area contributed by atoms with E-state index in [4.69, 9.17) is 4.74 Å². The van der Waals surface area contributed by atoms with Crippen LogP contribution in [0.4, 0.5) is 15.9 Å². The van der Waals surface area contributed by atoms with Crippen molar-refractivity contribution in [1.29, 1.82) is 0 Å². The average Bonchev–Trinajstić information content (AvgIpc) is 3.04. The number of halogens is 1. The quantitative estimate of drug-likeness (QED) is 0.842. The topological polar surface area (TPSA) is 45.7 Å². The summed E-state index contributed by atoms with van der Waals surface area (Å²) in [6.45, 7) is 4.79. The molecule has 1 aromatic carbocycles. The Bertz CT molecular complexity index is 811. The normalized spacial score (nSPS) is 19.8. The Morgan fingerprint density at radius 3 is 3.00 bits per heavy atom. The zero-order valence-corrected chi connectivity index (χ0v) is 14.1. The molecule has 0 bridgehead atoms. The van der Waals surface area contributed by atoms with Crippen LogP contribution in [-0.4, -0.2) is 43.2 Å². The Morgan fingerprint density at radius 2 is 2.16 bits per heavy atom. The fourth-order valence-electron chi connectivity index (χ4n) is 3.49. The zero-order chi connectivity index (χ0) is 17.4. The fraction of sp³-hybridized carbons (Fsp3) is 0.368. The summed E-state index contributed by atoms with van der Waals surface area (Å²) in [5.41, 5.74) is 2.27. The van der Waals surface area contributed by atoms with Gasteiger partial charge in [0.05, 0.1) is 12.7 Å². The second kappa shape index (κ2) is 6.44. The first-order valence-electron chi connectivity index (χ1n) is 8.55. The maximum absolute atomic E-state index is 13.4. The number of morpholine rings is 1. The van der Waals surface area contributed by atoms with Crippen molar-refractivity contribution in [3.63, 3.8) is 0 Å². The first kappa shape index (κ1) is 16.0. The lowest BCUT2D eigenvalue weighted by Gasteiger charge is -2.32. The molecule has 1 aromatic heterocycles. The maximum Gasteiger partial charge on any atom is 0.258 e. The maximum atomic E-state index is 13.4. The van der Waals surface area contributed by atoms with Gasteiger partial charge in [-0.25, -0.2) is 9.37 Å². The molecule has 4 rings (SSSR count). The number of nitrogens with zero attached hydrogens (tertiary/aromatic N) is 3. The van der Waals surface area contributed by atoms with Crippen LogP contribution < -0.4 is 9.80 Å². The summed E-state index contributed by atoms with van der Waals surface area (Å²) in [5, 5.41) is 0. The zero-order valence-electron chi connectivity index (χ0n) is 14.1. The third-order valence-corrected chi connectivity index (χ3v) is 4.74. The Kier molecular flexibility index (Phi) is 4.13. The predicted molar refractivity (Wildman–Crippen MR) is 93.6 cm³/mol. The lowest BCUT2D eigenvalue weighted by Crippen LogP contribution is -2.41. The third-order valence-electron chi connectivity index (χ3n) is 4.74. The number of anilines is 2. The van der Waals surface area contributed by atoms with Crippen LogP contribution in [0.15, 0.2) is 36.5 Å². The van der Waals surface area contributed by atoms with E-state index in [-0.39, 0.29) is 17.8 Å². The van der Waals surface area contributed by atoms with Crippen molar-refractivity contribution >= 4 is 17.4 Å². The standard InChI is InChI=1S/C19H20FN3O2/c1-13-12-22(8-9-25-13)18-11-15(4-6-21-18)19(24)23-7-5-14-10-16(20)2-3-17(14)23/h2-4,6,10-11,13H,5,7-9,12H2,1H3. The number of fused-ring (bicyclic) bond motifs is 1. The number of carbonyl (C=O) groups is 1. The summed E-state index contributed by atoms with van der Waals surface area (Å²) in [6.07, 6.45) is 2.50. The van der Waals surface area contributed by atoms with Crippen molar-refractivity contribution in [2.75, 3.05) is 36.0 Å². The van der Waals surface area contributed by atoms with E-state index in [2.05, 4.69) is 9.88 Å². The van der Waals surface area contributed by atoms with E-state index in [1.165, 1.54) is 12.1 Å². The highest BCUT2D eigenvalue weighted by atomic mass is 19.1. The van der Waals surface area contributed by atoms with Gasteiger partial charge in [-0.3, -0.25) is 4.79 Å². The van der Waals surface area contributed by atoms with Crippen LogP contribution in [0.5, 0.6) is 0 Å². The number of ether oxygens (including phenoxy) is 1. The molecule has 0 radical (unpaired) electrons. The average molecular weight is 341 g/mol. The first-order valence-corrected chi connectivity index (χ1v) is 8.55. The van der Waals surface area contributed by atoms with Gasteiger partial charge in [-0.2, -0.15) is 0 Å². The monoisotopic (exact) mass is 341 g/mol. The number of pyridine rings is 1. The predicted octanol–water partition coefficient (Wildman–Crippen LogP) is 2.65. The SMILES string of the molecule is CC1CN(c2cc(C(=O)N3CCc4cc(F)ccc43)ccn2)CCO1. The van der Waals surface area contributed by atoms with Crippen molar-refractivity contribution in [1.82, 2.24) is 4.98 Å². The molecule has 0 N–H and O–H groups in total. The van der Waals surface area contributed by atoms with Gasteiger partial charge in [-0.1, -0.05) is 0 Å². The van der Waals surface area contributed by atoms with Crippen molar-refractivity contribution in [3.05, 3.63) is 53.5 Å². The van der Waals surface area contributed by atoms with E-state index in [1.807, 2.05) is 13.0 Å². The molecule has 25 heavy (non-hydrogen) atoms. The number of rotatable bonds is 2. The van der Waals surface area contributed by atoms with Gasteiger partial charge in [0.25, 0.3) is 5.91 Å². The van der Waals surface area contributed by atoms with Crippen LogP contribution in [0.25, 0.3) is 0 Å². The molecule has 0 saturated carbocycles. The molecule has 5 nitrogen and oxygen atoms in total. The minimum Gasteiger partial charge on any atom is -0.375 e. The van der Waals surface area contributed by atoms with Gasteiger partial charge >= 0.3 is 0 Å². The largest absolute Gasteiger partial charge is 0.375 e. The van der Waals surface area contributed by atoms with Crippen LogP contribution >= 0.6 is 0 Å². The number of benzene rings is 1. The minimum absolute atomic E-state index is 0.0738. The molecule has 0 aliphatic carbocycles. The van der Waals surface area contributed by atoms with E-state index in [0.29, 0.717) is 25.1 Å². The summed E-state index contributed by atoms with van der Waals surface area (Å²) in [5.74, 6) is 0.454. The Labute approximate surface area is 146 Å². The van der Waals surface area contributed by atoms with Gasteiger partial charge in [0, 0.05) is 37.1 Å². The second-order valence-corrected chi connectivity index (χ2v) is 6.51. The molecule has 1 fully saturated rings. The van der Waals surface area contributed by atoms with Gasteiger partial charge in [0.15, 0.2) is 0 Å². The molecule has 6 heteroatoms. The van der Waals surface area contributed by atoms with Gasteiger partial charge < -0.3 is 14.5 Å². The van der Waals surface area contributed by atoms with Crippen LogP contribution in [0.3, 0.4) is 0 Å². The molecule has 2 aliphatic rings. The number of hydrogen-bond donors (Lipinski definition) is 0. The highest BCUT2D eigenvalue weighted by molar-refractivity contribution is 6.07. The number of aromatic nitrogens is 1. The van der Waals surface area contributed by atoms with Gasteiger partial charge in [-0.15, -0.1) is 0 Å². The molecular weight excluding hydrogens is 321 g/mol. The number of amides is 1. The number of carbonyl (C=O) groups excluding carboxylic acids is 1. The summed E-state index contributed by atoms with van der Waals surface area (Å²) in [6, 6.07) is 8.16. The molecule has 2 aromatic rings. The molecule has 2 aliphatic heterocycles. The minimum atomic E-state index is -0.263. The van der Waals surface area contributed by atoms with Crippen LogP contribution in [0, 0.1) is 5.82 Å². The number of hydrogen-bond acceptors (Lipinski definition) is 4. The Morgan fingerprint density at radius 1 is 1.28 bits per heavy atom. The van der Waals surface area contributed by atoms with E-state index < -0.39 is 0 Å². The summed E-state index contributed by atoms with van der Waals surface area (Å²) in [7, 11) is 0. The highest BCUT2D eigenvalue weighted by Crippen LogP contribution is 2.30. The van der Waals surface area contributed by atoms with Crippen molar-refractivity contribution in [3.8, 4) is 0 Å². The third kappa shape index (κ3) is 3.09. The van der Waals surface area contributed by atoms with Crippen molar-refractivity contribution in [2.45, 2.75) is 19.4 Å². The highest BCUT2D eigenvalue weighted by Gasteiger charge is 2.27. The van der Waals surface area contributed by atoms with Crippen LogP contribution in [-0.2, 0) is 11.2 Å². The van der Waals surface area contributed by atoms with Gasteiger partial charge in [0.1, 0.15) is 11.6 Å². The van der Waals surface area contributed by atoms with Gasteiger partial charge in [0.2, 0.25) is 0 Å². The lowest BCUT2D eigenvalue weighted by molar-refractivity contribution is 0.0529. The molecule has 1 atom stereocenters. The molecule has 130 valence electrons. The van der Waals surface area contributed by atoms with Gasteiger partial charge in [-0.05, 0) is 49.2 Å². The molecule has 0 spiro atoms. The molecule has 1 amide bonds. The summed E-state index contributed by atoms with van der Waals surface area (Å²) >= 11 is 0. The van der Waals surface area contributed by atoms with Crippen LogP contribution in [0.2, 0.25) is 0 Å². The van der Waals surface area contributed by atoms with E-state index >= 15 is 0 Å². The molecule has 3 heterocycles. The van der Waals surface area contributed by atoms with Crippen molar-refractivity contribution in [2.24, 2.45) is 0 Å². The van der Waals surface area contributed by atoms with Crippen molar-refractivity contribution < 1.29 is 13.9 Å². The lowest BCUT2D eigenvalue weighted by atomic mass is 10.1. The second-order valence-electron chi connectivity index (χ2n) is 6.51. The van der Waals surface area contributed by atoms with E-state index in [1.54, 1.807) is 23.2 Å². The van der Waals surface area contributed by atoms with Crippen LogP contribution in [0.1, 0.15) is 22.8 Å². The molecular formula is C19H20FN3O2.